The number of methoxy groups -OCH3 is 1. The second-order valence-corrected chi connectivity index (χ2v) is 3.65. The zero-order valence-corrected chi connectivity index (χ0v) is 9.42. The molecule has 0 aliphatic carbocycles. The first-order valence-corrected chi connectivity index (χ1v) is 5.11. The van der Waals surface area contributed by atoms with Crippen LogP contribution in [-0.4, -0.2) is 29.3 Å². The van der Waals surface area contributed by atoms with Crippen LogP contribution in [-0.2, 0) is 16.0 Å². The largest absolute Gasteiger partial charge is 0.496 e. The SMILES string of the molecule is COc1ccccc1C[C@H](CC(=O)O)C(=O)O. The van der Waals surface area contributed by atoms with Crippen molar-refractivity contribution in [2.75, 3.05) is 7.11 Å². The van der Waals surface area contributed by atoms with Crippen molar-refractivity contribution in [3.05, 3.63) is 29.8 Å². The van der Waals surface area contributed by atoms with E-state index in [1.165, 1.54) is 7.11 Å². The third-order valence-corrected chi connectivity index (χ3v) is 2.43. The molecule has 0 aliphatic heterocycles. The second-order valence-electron chi connectivity index (χ2n) is 3.65. The van der Waals surface area contributed by atoms with E-state index >= 15 is 0 Å². The van der Waals surface area contributed by atoms with E-state index in [1.54, 1.807) is 24.3 Å². The van der Waals surface area contributed by atoms with E-state index in [2.05, 4.69) is 0 Å². The molecule has 0 fully saturated rings. The lowest BCUT2D eigenvalue weighted by Crippen LogP contribution is -2.20. The standard InChI is InChI=1S/C12H14O5/c1-17-10-5-3-2-4-8(10)6-9(12(15)16)7-11(13)14/h2-5,9H,6-7H2,1H3,(H,13,14)(H,15,16)/t9-/m1/s1. The Bertz CT molecular complexity index is 413. The number of carboxylic acid groups (broad SMARTS) is 2. The van der Waals surface area contributed by atoms with Crippen molar-refractivity contribution in [3.63, 3.8) is 0 Å². The highest BCUT2D eigenvalue weighted by Crippen LogP contribution is 2.22. The number of carbonyl (C=O) groups is 2. The van der Waals surface area contributed by atoms with Gasteiger partial charge in [-0.15, -0.1) is 0 Å². The van der Waals surface area contributed by atoms with Crippen LogP contribution in [0.4, 0.5) is 0 Å². The number of aliphatic carboxylic acids is 2. The summed E-state index contributed by atoms with van der Waals surface area (Å²) in [5.41, 5.74) is 0.698. The van der Waals surface area contributed by atoms with Gasteiger partial charge in [-0.25, -0.2) is 0 Å². The molecule has 0 bridgehead atoms. The number of hydrogen-bond donors (Lipinski definition) is 2. The van der Waals surface area contributed by atoms with Crippen molar-refractivity contribution < 1.29 is 24.5 Å². The van der Waals surface area contributed by atoms with Crippen LogP contribution in [0.2, 0.25) is 0 Å². The van der Waals surface area contributed by atoms with Gasteiger partial charge in [-0.1, -0.05) is 18.2 Å². The molecule has 0 radical (unpaired) electrons. The van der Waals surface area contributed by atoms with Gasteiger partial charge in [-0.05, 0) is 18.1 Å². The van der Waals surface area contributed by atoms with Crippen LogP contribution in [0, 0.1) is 5.92 Å². The summed E-state index contributed by atoms with van der Waals surface area (Å²) in [7, 11) is 1.49. The van der Waals surface area contributed by atoms with Gasteiger partial charge in [0.25, 0.3) is 0 Å². The van der Waals surface area contributed by atoms with E-state index in [0.29, 0.717) is 11.3 Å². The highest BCUT2D eigenvalue weighted by atomic mass is 16.5. The van der Waals surface area contributed by atoms with Crippen molar-refractivity contribution in [1.82, 2.24) is 0 Å². The van der Waals surface area contributed by atoms with Gasteiger partial charge in [0, 0.05) is 0 Å². The van der Waals surface area contributed by atoms with Crippen LogP contribution in [0.5, 0.6) is 5.75 Å². The molecule has 1 atom stereocenters. The molecule has 1 aromatic carbocycles. The molecule has 2 N–H and O–H groups in total. The molecular weight excluding hydrogens is 224 g/mol. The van der Waals surface area contributed by atoms with E-state index in [4.69, 9.17) is 14.9 Å². The minimum Gasteiger partial charge on any atom is -0.496 e. The van der Waals surface area contributed by atoms with Crippen molar-refractivity contribution in [2.24, 2.45) is 5.92 Å². The highest BCUT2D eigenvalue weighted by molar-refractivity contribution is 5.78. The quantitative estimate of drug-likeness (QED) is 0.782. The van der Waals surface area contributed by atoms with Gasteiger partial charge in [0.2, 0.25) is 0 Å². The topological polar surface area (TPSA) is 83.8 Å². The molecule has 0 aromatic heterocycles. The van der Waals surface area contributed by atoms with Crippen LogP contribution < -0.4 is 4.74 Å². The van der Waals surface area contributed by atoms with Gasteiger partial charge < -0.3 is 14.9 Å². The third-order valence-electron chi connectivity index (χ3n) is 2.43. The maximum Gasteiger partial charge on any atom is 0.307 e. The van der Waals surface area contributed by atoms with Gasteiger partial charge in [0.05, 0.1) is 19.4 Å². The maximum atomic E-state index is 10.9. The lowest BCUT2D eigenvalue weighted by molar-refractivity contribution is -0.148. The average molecular weight is 238 g/mol. The second kappa shape index (κ2) is 5.89. The summed E-state index contributed by atoms with van der Waals surface area (Å²) >= 11 is 0. The highest BCUT2D eigenvalue weighted by Gasteiger charge is 2.22. The molecule has 1 rings (SSSR count). The number of benzene rings is 1. The predicted octanol–water partition coefficient (Wildman–Crippen LogP) is 1.41. The Hall–Kier alpha value is -2.04. The van der Waals surface area contributed by atoms with E-state index in [1.807, 2.05) is 0 Å². The Morgan fingerprint density at radius 2 is 1.94 bits per heavy atom. The molecule has 0 spiro atoms. The molecule has 0 unspecified atom stereocenters. The number of ether oxygens (including phenoxy) is 1. The summed E-state index contributed by atoms with van der Waals surface area (Å²) in [6.07, 6.45) is -0.251. The van der Waals surface area contributed by atoms with Crippen LogP contribution in [0.3, 0.4) is 0 Å². The Labute approximate surface area is 98.6 Å². The Morgan fingerprint density at radius 3 is 2.47 bits per heavy atom. The Balaban J connectivity index is 2.85. The summed E-state index contributed by atoms with van der Waals surface area (Å²) in [6, 6.07) is 6.98. The lowest BCUT2D eigenvalue weighted by atomic mass is 9.96. The minimum absolute atomic E-state index is 0.144. The molecule has 0 amide bonds. The van der Waals surface area contributed by atoms with Gasteiger partial charge >= 0.3 is 11.9 Å². The number of hydrogen-bond acceptors (Lipinski definition) is 3. The summed E-state index contributed by atoms with van der Waals surface area (Å²) < 4.78 is 5.09. The van der Waals surface area contributed by atoms with Crippen LogP contribution in [0.1, 0.15) is 12.0 Å². The first-order valence-electron chi connectivity index (χ1n) is 5.11. The molecular formula is C12H14O5. The first-order chi connectivity index (χ1) is 8.04. The maximum absolute atomic E-state index is 10.9. The number of rotatable bonds is 6. The Morgan fingerprint density at radius 1 is 1.29 bits per heavy atom. The van der Waals surface area contributed by atoms with E-state index in [-0.39, 0.29) is 6.42 Å². The molecule has 0 heterocycles. The zero-order chi connectivity index (χ0) is 12.8. The fraction of sp³-hybridized carbons (Fsp3) is 0.333. The first kappa shape index (κ1) is 13.0. The van der Waals surface area contributed by atoms with E-state index in [9.17, 15) is 9.59 Å². The summed E-state index contributed by atoms with van der Waals surface area (Å²) in [4.78, 5) is 21.5. The molecule has 92 valence electrons. The van der Waals surface area contributed by atoms with Gasteiger partial charge in [-0.2, -0.15) is 0 Å². The minimum atomic E-state index is -1.12. The molecule has 0 saturated heterocycles. The monoisotopic (exact) mass is 238 g/mol. The van der Waals surface area contributed by atoms with Crippen LogP contribution >= 0.6 is 0 Å². The number of carboxylic acids is 2. The van der Waals surface area contributed by atoms with Gasteiger partial charge in [0.1, 0.15) is 5.75 Å². The molecule has 5 heteroatoms. The molecule has 0 aliphatic rings. The van der Waals surface area contributed by atoms with Crippen LogP contribution in [0.15, 0.2) is 24.3 Å². The summed E-state index contributed by atoms with van der Waals surface area (Å²) in [6.45, 7) is 0. The average Bonchev–Trinajstić information content (AvgIpc) is 2.28. The zero-order valence-electron chi connectivity index (χ0n) is 9.42. The van der Waals surface area contributed by atoms with E-state index < -0.39 is 24.3 Å². The van der Waals surface area contributed by atoms with E-state index in [0.717, 1.165) is 0 Å². The van der Waals surface area contributed by atoms with Crippen molar-refractivity contribution in [3.8, 4) is 5.75 Å². The van der Waals surface area contributed by atoms with Gasteiger partial charge in [-0.3, -0.25) is 9.59 Å². The number of para-hydroxylation sites is 1. The summed E-state index contributed by atoms with van der Waals surface area (Å²) in [5, 5.41) is 17.6. The van der Waals surface area contributed by atoms with Crippen molar-refractivity contribution in [1.29, 1.82) is 0 Å². The normalized spacial score (nSPS) is 11.8. The predicted molar refractivity (Wildman–Crippen MR) is 60.1 cm³/mol. The fourth-order valence-electron chi connectivity index (χ4n) is 1.59. The molecule has 0 saturated carbocycles. The molecule has 17 heavy (non-hydrogen) atoms. The van der Waals surface area contributed by atoms with Crippen molar-refractivity contribution >= 4 is 11.9 Å². The van der Waals surface area contributed by atoms with Gasteiger partial charge in [0.15, 0.2) is 0 Å². The summed E-state index contributed by atoms with van der Waals surface area (Å²) in [5.74, 6) is -2.60. The molecule has 5 nitrogen and oxygen atoms in total. The fourth-order valence-corrected chi connectivity index (χ4v) is 1.59. The van der Waals surface area contributed by atoms with Crippen LogP contribution in [0.25, 0.3) is 0 Å². The Kier molecular flexibility index (Phi) is 4.51. The smallest absolute Gasteiger partial charge is 0.307 e. The molecule has 1 aromatic rings. The lowest BCUT2D eigenvalue weighted by Gasteiger charge is -2.12. The third kappa shape index (κ3) is 3.79. The van der Waals surface area contributed by atoms with Crippen molar-refractivity contribution in [2.45, 2.75) is 12.8 Å².